The fraction of sp³-hybridized carbons (Fsp3) is 0.625. The number of carbonyl (C=O) groups is 2. The Kier molecular flexibility index (Phi) is 6.44. The van der Waals surface area contributed by atoms with E-state index in [4.69, 9.17) is 4.74 Å². The first-order valence-electron chi connectivity index (χ1n) is 4.75. The van der Waals surface area contributed by atoms with Crippen LogP contribution in [0.15, 0.2) is 4.99 Å². The molecule has 8 nitrogen and oxygen atoms in total. The summed E-state index contributed by atoms with van der Waals surface area (Å²) in [6.07, 6.45) is 0. The quantitative estimate of drug-likeness (QED) is 0.406. The van der Waals surface area contributed by atoms with E-state index in [9.17, 15) is 23.1 Å². The summed E-state index contributed by atoms with van der Waals surface area (Å²) in [5.74, 6) is -2.48. The molecule has 0 aromatic rings. The summed E-state index contributed by atoms with van der Waals surface area (Å²) >= 11 is 0. The zero-order chi connectivity index (χ0) is 13.2. The first-order valence-corrected chi connectivity index (χ1v) is 6.36. The van der Waals surface area contributed by atoms with Crippen LogP contribution < -0.4 is 40.0 Å². The maximum absolute atomic E-state index is 11.8. The molecule has 0 aliphatic carbocycles. The van der Waals surface area contributed by atoms with Gasteiger partial charge in [0.05, 0.1) is 6.02 Å². The van der Waals surface area contributed by atoms with Gasteiger partial charge >= 0.3 is 29.6 Å². The molecule has 10 heteroatoms. The normalized spacial score (nSPS) is 21.7. The van der Waals surface area contributed by atoms with Gasteiger partial charge in [-0.1, -0.05) is 0 Å². The van der Waals surface area contributed by atoms with Gasteiger partial charge in [0, 0.05) is 6.61 Å². The first-order chi connectivity index (χ1) is 7.80. The van der Waals surface area contributed by atoms with Crippen LogP contribution in [-0.2, 0) is 24.2 Å². The summed E-state index contributed by atoms with van der Waals surface area (Å²) in [5, 5.41) is 10.4. The molecule has 1 N–H and O–H groups in total. The van der Waals surface area contributed by atoms with Crippen molar-refractivity contribution < 1.29 is 57.4 Å². The number of amides is 2. The van der Waals surface area contributed by atoms with Gasteiger partial charge in [0.1, 0.15) is 0 Å². The van der Waals surface area contributed by atoms with Crippen LogP contribution in [0, 0.1) is 0 Å². The van der Waals surface area contributed by atoms with Gasteiger partial charge in [-0.25, -0.2) is 13.4 Å². The number of amidine groups is 1. The van der Waals surface area contributed by atoms with Crippen LogP contribution in [0.2, 0.25) is 0 Å². The Balaban J connectivity index is 0.00000289. The third-order valence-corrected chi connectivity index (χ3v) is 4.23. The second kappa shape index (κ2) is 6.62. The summed E-state index contributed by atoms with van der Waals surface area (Å²) in [5.41, 5.74) is -1.32. The minimum atomic E-state index is -4.18. The standard InChI is InChI=1S/C8H12N2O6S.Na/c1-3-16-4(2)17(14,15)5-6(11)9-8(13)10-7(5)12;/h4-5H,3H2,1-2H3,(H2,9,10,11,12,13);/q;+1/p-1. The van der Waals surface area contributed by atoms with E-state index < -0.39 is 38.4 Å². The van der Waals surface area contributed by atoms with Crippen molar-refractivity contribution in [2.75, 3.05) is 6.61 Å². The van der Waals surface area contributed by atoms with E-state index in [2.05, 4.69) is 4.99 Å². The number of sulfone groups is 1. The smallest absolute Gasteiger partial charge is 0.846 e. The van der Waals surface area contributed by atoms with Crippen LogP contribution in [0.3, 0.4) is 0 Å². The van der Waals surface area contributed by atoms with Gasteiger partial charge in [-0.3, -0.25) is 9.59 Å². The zero-order valence-corrected chi connectivity index (χ0v) is 13.0. The Labute approximate surface area is 126 Å². The molecular formula is C8H11N2NaO6S. The minimum absolute atomic E-state index is 0. The first kappa shape index (κ1) is 17.5. The SMILES string of the molecule is CCOC(C)S(=O)(=O)[C@@H]1C(=O)N=C([O-])NC1=O.[Na+]. The van der Waals surface area contributed by atoms with Gasteiger partial charge in [-0.05, 0) is 13.8 Å². The van der Waals surface area contributed by atoms with Crippen molar-refractivity contribution in [3.8, 4) is 0 Å². The van der Waals surface area contributed by atoms with Crippen LogP contribution in [0.5, 0.6) is 0 Å². The predicted octanol–water partition coefficient (Wildman–Crippen LogP) is -5.47. The molecule has 0 aromatic carbocycles. The number of hydrogen-bond acceptors (Lipinski definition) is 6. The van der Waals surface area contributed by atoms with Crippen molar-refractivity contribution in [1.82, 2.24) is 5.32 Å². The van der Waals surface area contributed by atoms with E-state index in [-0.39, 0.29) is 36.2 Å². The van der Waals surface area contributed by atoms with Crippen LogP contribution in [0.4, 0.5) is 0 Å². The number of nitrogens with zero attached hydrogens (tertiary/aromatic N) is 1. The molecule has 1 rings (SSSR count). The average Bonchev–Trinajstić information content (AvgIpc) is 2.15. The van der Waals surface area contributed by atoms with E-state index in [0.717, 1.165) is 0 Å². The van der Waals surface area contributed by atoms with Gasteiger partial charge in [-0.15, -0.1) is 0 Å². The van der Waals surface area contributed by atoms with E-state index in [1.54, 1.807) is 12.2 Å². The van der Waals surface area contributed by atoms with Gasteiger partial charge in [0.25, 0.3) is 11.8 Å². The monoisotopic (exact) mass is 286 g/mol. The Morgan fingerprint density at radius 3 is 2.50 bits per heavy atom. The number of hydrogen-bond donors (Lipinski definition) is 1. The third-order valence-electron chi connectivity index (χ3n) is 2.10. The van der Waals surface area contributed by atoms with Gasteiger partial charge in [0.2, 0.25) is 5.25 Å². The summed E-state index contributed by atoms with van der Waals surface area (Å²) < 4.78 is 28.5. The second-order valence-corrected chi connectivity index (χ2v) is 5.55. The molecular weight excluding hydrogens is 275 g/mol. The van der Waals surface area contributed by atoms with E-state index in [1.807, 2.05) is 0 Å². The fourth-order valence-corrected chi connectivity index (χ4v) is 2.68. The largest absolute Gasteiger partial charge is 1.00 e. The molecule has 18 heavy (non-hydrogen) atoms. The van der Waals surface area contributed by atoms with Gasteiger partial charge in [-0.2, -0.15) is 0 Å². The van der Waals surface area contributed by atoms with Crippen LogP contribution in [-0.4, -0.2) is 43.5 Å². The Hall–Kier alpha value is -0.480. The maximum Gasteiger partial charge on any atom is 1.00 e. The summed E-state index contributed by atoms with van der Waals surface area (Å²) in [6, 6.07) is -1.16. The number of rotatable bonds is 4. The maximum atomic E-state index is 11.8. The van der Waals surface area contributed by atoms with Crippen LogP contribution in [0.1, 0.15) is 13.8 Å². The molecule has 2 atom stereocenters. The Morgan fingerprint density at radius 2 is 2.06 bits per heavy atom. The average molecular weight is 286 g/mol. The van der Waals surface area contributed by atoms with Crippen molar-refractivity contribution in [3.05, 3.63) is 0 Å². The van der Waals surface area contributed by atoms with Crippen molar-refractivity contribution >= 4 is 27.7 Å². The van der Waals surface area contributed by atoms with Gasteiger partial charge < -0.3 is 15.2 Å². The molecule has 0 fully saturated rings. The zero-order valence-electron chi connectivity index (χ0n) is 10.2. The minimum Gasteiger partial charge on any atom is -0.846 e. The summed E-state index contributed by atoms with van der Waals surface area (Å²) in [6.45, 7) is 2.89. The van der Waals surface area contributed by atoms with E-state index >= 15 is 0 Å². The van der Waals surface area contributed by atoms with Crippen LogP contribution >= 0.6 is 0 Å². The van der Waals surface area contributed by atoms with Crippen molar-refractivity contribution in [2.24, 2.45) is 4.99 Å². The van der Waals surface area contributed by atoms with E-state index in [0.29, 0.717) is 0 Å². The Morgan fingerprint density at radius 1 is 1.50 bits per heavy atom. The van der Waals surface area contributed by atoms with Crippen molar-refractivity contribution in [3.63, 3.8) is 0 Å². The molecule has 0 saturated heterocycles. The topological polar surface area (TPSA) is 125 Å². The second-order valence-electron chi connectivity index (χ2n) is 3.24. The molecule has 96 valence electrons. The number of ether oxygens (including phenoxy) is 1. The van der Waals surface area contributed by atoms with Crippen LogP contribution in [0.25, 0.3) is 0 Å². The molecule has 0 radical (unpaired) electrons. The van der Waals surface area contributed by atoms with Crippen molar-refractivity contribution in [1.29, 1.82) is 0 Å². The molecule has 2 amide bonds. The molecule has 1 aliphatic rings. The fourth-order valence-electron chi connectivity index (χ4n) is 1.28. The molecule has 0 aromatic heterocycles. The number of aliphatic imine (C=N–C) groups is 1. The molecule has 1 unspecified atom stereocenters. The predicted molar refractivity (Wildman–Crippen MR) is 54.4 cm³/mol. The molecule has 1 heterocycles. The van der Waals surface area contributed by atoms with Gasteiger partial charge in [0.15, 0.2) is 15.3 Å². The van der Waals surface area contributed by atoms with Crippen molar-refractivity contribution in [2.45, 2.75) is 24.5 Å². The number of nitrogens with one attached hydrogen (secondary N) is 1. The van der Waals surface area contributed by atoms with E-state index in [1.165, 1.54) is 6.92 Å². The molecule has 0 bridgehead atoms. The Bertz CT molecular complexity index is 474. The summed E-state index contributed by atoms with van der Waals surface area (Å²) in [7, 11) is -4.18. The number of carbonyl (C=O) groups excluding carboxylic acids is 2. The molecule has 0 spiro atoms. The molecule has 1 aliphatic heterocycles. The third kappa shape index (κ3) is 3.51. The summed E-state index contributed by atoms with van der Waals surface area (Å²) in [4.78, 5) is 25.5. The molecule has 0 saturated carbocycles.